The van der Waals surface area contributed by atoms with Crippen LogP contribution in [0.5, 0.6) is 17.2 Å². The zero-order valence-electron chi connectivity index (χ0n) is 28.4. The number of hydrogen-bond donors (Lipinski definition) is 1. The molecule has 0 amide bonds. The van der Waals surface area contributed by atoms with Crippen molar-refractivity contribution in [1.82, 2.24) is 23.5 Å². The Kier molecular flexibility index (Phi) is 7.81. The number of halogens is 1. The summed E-state index contributed by atoms with van der Waals surface area (Å²) in [5.74, 6) is -1.09. The number of aromatic hydroxyl groups is 1. The van der Waals surface area contributed by atoms with E-state index < -0.39 is 34.7 Å². The largest absolute Gasteiger partial charge is 0.508 e. The second-order valence-electron chi connectivity index (χ2n) is 13.4. The molecule has 50 heavy (non-hydrogen) atoms. The van der Waals surface area contributed by atoms with Crippen LogP contribution in [-0.2, 0) is 36.1 Å². The number of nitrogens with zero attached hydrogens (tertiary/aromatic N) is 5. The average molecular weight is 702 g/mol. The van der Waals surface area contributed by atoms with E-state index >= 15 is 0 Å². The van der Waals surface area contributed by atoms with Crippen molar-refractivity contribution in [3.63, 3.8) is 0 Å². The Morgan fingerprint density at radius 1 is 1.00 bits per heavy atom. The van der Waals surface area contributed by atoms with Crippen molar-refractivity contribution in [2.75, 3.05) is 14.2 Å². The van der Waals surface area contributed by atoms with Crippen LogP contribution in [0.25, 0.3) is 11.0 Å². The predicted octanol–water partition coefficient (Wildman–Crippen LogP) is 3.46. The van der Waals surface area contributed by atoms with Crippen molar-refractivity contribution in [3.05, 3.63) is 101 Å². The highest BCUT2D eigenvalue weighted by Crippen LogP contribution is 2.61. The number of fused-ring (bicyclic) bond motifs is 5. The first-order valence-corrected chi connectivity index (χ1v) is 16.6. The van der Waals surface area contributed by atoms with Gasteiger partial charge in [-0.15, -0.1) is 0 Å². The van der Waals surface area contributed by atoms with Crippen LogP contribution in [0.15, 0.2) is 67.5 Å². The van der Waals surface area contributed by atoms with Crippen LogP contribution in [0.3, 0.4) is 0 Å². The van der Waals surface area contributed by atoms with E-state index in [2.05, 4.69) is 4.98 Å². The first-order valence-electron chi connectivity index (χ1n) is 16.2. The van der Waals surface area contributed by atoms with Crippen LogP contribution in [0.1, 0.15) is 50.4 Å². The van der Waals surface area contributed by atoms with Crippen molar-refractivity contribution in [2.24, 2.45) is 18.4 Å². The molecule has 260 valence electrons. The molecule has 2 aliphatic carbocycles. The second kappa shape index (κ2) is 11.7. The Bertz CT molecular complexity index is 2410. The van der Waals surface area contributed by atoms with E-state index in [0.29, 0.717) is 44.8 Å². The third-order valence-electron chi connectivity index (χ3n) is 11.0. The Morgan fingerprint density at radius 3 is 2.38 bits per heavy atom. The predicted molar refractivity (Wildman–Crippen MR) is 184 cm³/mol. The molecule has 1 fully saturated rings. The summed E-state index contributed by atoms with van der Waals surface area (Å²) in [6.45, 7) is 4.98. The summed E-state index contributed by atoms with van der Waals surface area (Å²) in [5.41, 5.74) is 0.360. The van der Waals surface area contributed by atoms with Crippen molar-refractivity contribution in [1.29, 1.82) is 0 Å². The van der Waals surface area contributed by atoms with Gasteiger partial charge in [-0.2, -0.15) is 0 Å². The molecule has 3 aliphatic rings. The number of ether oxygens (including phenoxy) is 2. The summed E-state index contributed by atoms with van der Waals surface area (Å²) in [5, 5.41) is 10.4. The third kappa shape index (κ3) is 4.59. The molecule has 0 bridgehead atoms. The van der Waals surface area contributed by atoms with Gasteiger partial charge in [-0.3, -0.25) is 14.4 Å². The molecule has 1 saturated carbocycles. The van der Waals surface area contributed by atoms with Crippen molar-refractivity contribution in [2.45, 2.75) is 58.7 Å². The van der Waals surface area contributed by atoms with Gasteiger partial charge in [0.25, 0.3) is 5.56 Å². The average Bonchev–Trinajstić information content (AvgIpc) is 3.35. The van der Waals surface area contributed by atoms with E-state index in [-0.39, 0.29) is 59.5 Å². The van der Waals surface area contributed by atoms with E-state index in [4.69, 9.17) is 21.1 Å². The normalized spacial score (nSPS) is 23.0. The molecule has 4 aromatic rings. The Labute approximate surface area is 290 Å². The number of hydrogen-bond acceptors (Lipinski definition) is 9. The summed E-state index contributed by atoms with van der Waals surface area (Å²) < 4.78 is 16.0. The number of carbonyl (C=O) groups excluding carboxylic acids is 2. The van der Waals surface area contributed by atoms with E-state index in [0.717, 1.165) is 4.57 Å². The van der Waals surface area contributed by atoms with Gasteiger partial charge < -0.3 is 19.1 Å². The fraction of sp³-hybridized carbons (Fsp3) is 0.389. The highest BCUT2D eigenvalue weighted by atomic mass is 35.5. The number of rotatable bonds is 6. The minimum atomic E-state index is -1.23. The van der Waals surface area contributed by atoms with E-state index in [1.165, 1.54) is 40.3 Å². The van der Waals surface area contributed by atoms with Crippen molar-refractivity contribution in [3.8, 4) is 17.2 Å². The monoisotopic (exact) mass is 701 g/mol. The lowest BCUT2D eigenvalue weighted by molar-refractivity contribution is -0.140. The zero-order valence-corrected chi connectivity index (χ0v) is 29.2. The highest BCUT2D eigenvalue weighted by Gasteiger charge is 2.60. The number of benzene rings is 2. The maximum atomic E-state index is 14.2. The fourth-order valence-corrected chi connectivity index (χ4v) is 8.55. The van der Waals surface area contributed by atoms with Crippen LogP contribution < -0.4 is 26.4 Å². The number of allylic oxidation sites excluding steroid dienone is 4. The molecule has 3 heterocycles. The summed E-state index contributed by atoms with van der Waals surface area (Å²) in [6, 6.07) is 7.09. The van der Waals surface area contributed by atoms with Crippen LogP contribution in [0.2, 0.25) is 5.02 Å². The third-order valence-corrected chi connectivity index (χ3v) is 11.4. The smallest absolute Gasteiger partial charge is 0.347 e. The lowest BCUT2D eigenvalue weighted by Gasteiger charge is -2.53. The van der Waals surface area contributed by atoms with E-state index in [1.54, 1.807) is 46.0 Å². The standard InChI is InChI=1S/C36H36ClN5O8/c1-17-18(2)32(45)36(3)22(31(17)44)14-26-21(30(36)20-8-7-19(43)13-23(20)37)9-12-41-34(47)40(35(48)42(26)41)11-10-24-33(46)39(4)27-16-29(50-6)28(49-5)15-25(27)38-24/h7-9,13,15-16,22,26,30,43H,10-12,14H2,1-6H3/t22-,26+,30-,36+/m0/s1. The molecule has 4 atom stereocenters. The van der Waals surface area contributed by atoms with Gasteiger partial charge >= 0.3 is 11.4 Å². The fourth-order valence-electron chi connectivity index (χ4n) is 8.26. The molecule has 1 aliphatic heterocycles. The number of methoxy groups -OCH3 is 2. The van der Waals surface area contributed by atoms with Crippen molar-refractivity contribution < 1.29 is 24.2 Å². The number of Topliss-reactive ketones (excluding diaryl/α,β-unsaturated/α-hetero) is 2. The Hall–Kier alpha value is -5.17. The van der Waals surface area contributed by atoms with Gasteiger partial charge in [-0.25, -0.2) is 28.5 Å². The lowest BCUT2D eigenvalue weighted by Crippen LogP contribution is -2.55. The first kappa shape index (κ1) is 33.3. The van der Waals surface area contributed by atoms with Gasteiger partial charge in [0.1, 0.15) is 11.4 Å². The van der Waals surface area contributed by atoms with Gasteiger partial charge in [0.15, 0.2) is 23.1 Å². The summed E-state index contributed by atoms with van der Waals surface area (Å²) in [4.78, 5) is 74.1. The topological polar surface area (TPSA) is 157 Å². The molecular weight excluding hydrogens is 666 g/mol. The molecule has 1 N–H and O–H groups in total. The summed E-state index contributed by atoms with van der Waals surface area (Å²) in [6.07, 6.45) is 1.95. The van der Waals surface area contributed by atoms with Gasteiger partial charge in [-0.05, 0) is 54.7 Å². The molecule has 0 unspecified atom stereocenters. The highest BCUT2D eigenvalue weighted by molar-refractivity contribution is 6.31. The Balaban J connectivity index is 1.31. The number of phenolic OH excluding ortho intramolecular Hbond substituents is 1. The van der Waals surface area contributed by atoms with Gasteiger partial charge in [-0.1, -0.05) is 30.7 Å². The minimum absolute atomic E-state index is 0.0102. The van der Waals surface area contributed by atoms with Crippen LogP contribution in [0.4, 0.5) is 0 Å². The second-order valence-corrected chi connectivity index (χ2v) is 13.8. The summed E-state index contributed by atoms with van der Waals surface area (Å²) >= 11 is 6.72. The van der Waals surface area contributed by atoms with Crippen LogP contribution in [-0.4, -0.2) is 54.4 Å². The lowest BCUT2D eigenvalue weighted by atomic mass is 9.50. The molecule has 0 radical (unpaired) electrons. The number of carbonyl (C=O) groups is 2. The molecule has 2 aromatic heterocycles. The van der Waals surface area contributed by atoms with Crippen molar-refractivity contribution >= 4 is 34.2 Å². The van der Waals surface area contributed by atoms with E-state index in [1.807, 2.05) is 6.08 Å². The van der Waals surface area contributed by atoms with E-state index in [9.17, 15) is 29.1 Å². The maximum Gasteiger partial charge on any atom is 0.347 e. The van der Waals surface area contributed by atoms with Crippen LogP contribution in [0, 0.1) is 11.3 Å². The molecule has 7 rings (SSSR count). The SMILES string of the molecule is COc1cc2nc(CCn3c(=O)n4n(c3=O)[C@@H]3C[C@H]5C(=O)C(C)=C(C)C(=O)[C@@]5(C)[C@@H](c5ccc(O)cc5Cl)C3=CC4)c(=O)n(C)c2cc1OC. The van der Waals surface area contributed by atoms with Gasteiger partial charge in [0.2, 0.25) is 0 Å². The zero-order chi connectivity index (χ0) is 36.0. The molecule has 13 nitrogen and oxygen atoms in total. The van der Waals surface area contributed by atoms with Gasteiger partial charge in [0, 0.05) is 49.0 Å². The van der Waals surface area contributed by atoms with Gasteiger partial charge in [0.05, 0.1) is 43.3 Å². The molecular formula is C36H36ClN5O8. The number of phenols is 1. The summed E-state index contributed by atoms with van der Waals surface area (Å²) in [7, 11) is 4.60. The molecule has 14 heteroatoms. The number of aryl methyl sites for hydroxylation is 2. The maximum absolute atomic E-state index is 14.2. The minimum Gasteiger partial charge on any atom is -0.508 e. The number of aromatic nitrogens is 5. The molecule has 2 aromatic carbocycles. The quantitative estimate of drug-likeness (QED) is 0.298. The molecule has 0 saturated heterocycles. The number of ketones is 2. The Morgan fingerprint density at radius 2 is 1.70 bits per heavy atom. The van der Waals surface area contributed by atoms with Crippen LogP contribution >= 0.6 is 11.6 Å². The molecule has 0 spiro atoms. The first-order chi connectivity index (χ1) is 23.7.